The van der Waals surface area contributed by atoms with E-state index in [1.165, 1.54) is 23.5 Å². The fourth-order valence-corrected chi connectivity index (χ4v) is 10.7. The second-order valence-electron chi connectivity index (χ2n) is 15.2. The number of hydrogen-bond acceptors (Lipinski definition) is 28. The second-order valence-corrected chi connectivity index (χ2v) is 23.9. The highest BCUT2D eigenvalue weighted by Gasteiger charge is 2.29. The van der Waals surface area contributed by atoms with Crippen LogP contribution >= 0.6 is 46.7 Å². The molecule has 0 aliphatic carbocycles. The Morgan fingerprint density at radius 2 is 0.961 bits per heavy atom. The summed E-state index contributed by atoms with van der Waals surface area (Å²) < 4.78 is 142. The molecule has 0 unspecified atom stereocenters. The number of phenolic OH excluding ortho intramolecular Hbond substituents is 1. The maximum atomic E-state index is 12.8. The van der Waals surface area contributed by atoms with Crippen molar-refractivity contribution in [2.24, 2.45) is 20.5 Å². The molecule has 76 heavy (non-hydrogen) atoms. The molecule has 0 saturated heterocycles. The van der Waals surface area contributed by atoms with Crippen molar-refractivity contribution in [1.82, 2.24) is 29.9 Å². The van der Waals surface area contributed by atoms with E-state index in [9.17, 15) is 57.0 Å². The summed E-state index contributed by atoms with van der Waals surface area (Å²) in [7, 11) is -17.9. The lowest BCUT2D eigenvalue weighted by Gasteiger charge is -2.17. The van der Waals surface area contributed by atoms with Gasteiger partial charge >= 0.3 is 0 Å². The summed E-state index contributed by atoms with van der Waals surface area (Å²) in [5.74, 6) is 0.712. The van der Waals surface area contributed by atoms with E-state index in [1.54, 1.807) is 23.9 Å². The second kappa shape index (κ2) is 24.6. The molecule has 0 aliphatic heterocycles. The third-order valence-electron chi connectivity index (χ3n) is 9.86. The van der Waals surface area contributed by atoms with Crippen molar-refractivity contribution in [2.75, 3.05) is 89.6 Å². The number of aromatic nitrogens is 6. The first kappa shape index (κ1) is 59.2. The zero-order valence-electron chi connectivity index (χ0n) is 38.8. The van der Waals surface area contributed by atoms with Crippen LogP contribution in [0.25, 0.3) is 10.8 Å². The summed E-state index contributed by atoms with van der Waals surface area (Å²) in [6.07, 6.45) is 0. The number of aliphatic hydroxyl groups excluding tert-OH is 2. The van der Waals surface area contributed by atoms with Gasteiger partial charge in [0.05, 0.1) is 24.3 Å². The largest absolute Gasteiger partial charge is 0.505 e. The molecule has 0 radical (unpaired) electrons. The zero-order chi connectivity index (χ0) is 55.9. The van der Waals surface area contributed by atoms with E-state index in [0.29, 0.717) is 48.2 Å². The quantitative estimate of drug-likeness (QED) is 0.0156. The van der Waals surface area contributed by atoms with Crippen LogP contribution in [-0.2, 0) is 40.5 Å². The van der Waals surface area contributed by atoms with E-state index in [0.717, 1.165) is 36.4 Å². The molecule has 2 heterocycles. The Hall–Kier alpha value is -6.00. The number of aliphatic hydroxyl groups is 2. The van der Waals surface area contributed by atoms with Crippen LogP contribution in [0.3, 0.4) is 0 Å². The van der Waals surface area contributed by atoms with Crippen molar-refractivity contribution in [1.29, 1.82) is 0 Å². The predicted octanol–water partition coefficient (Wildman–Crippen LogP) is 5.43. The number of nitrogens with zero attached hydrogens (tertiary/aromatic N) is 12. The van der Waals surface area contributed by atoms with Crippen LogP contribution in [0.1, 0.15) is 0 Å². The molecular weight excluding hydrogens is 1170 g/mol. The van der Waals surface area contributed by atoms with Gasteiger partial charge in [0.25, 0.3) is 40.5 Å². The number of fused-ring (bicyclic) bond motifs is 1. The van der Waals surface area contributed by atoms with Crippen LogP contribution in [0.2, 0.25) is 10.6 Å². The van der Waals surface area contributed by atoms with E-state index >= 15 is 0 Å². The van der Waals surface area contributed by atoms with Gasteiger partial charge < -0.3 is 41.5 Å². The van der Waals surface area contributed by atoms with Crippen LogP contribution in [0.15, 0.2) is 88.6 Å². The number of nitrogen functional groups attached to an aromatic ring is 1. The van der Waals surface area contributed by atoms with Crippen molar-refractivity contribution in [3.8, 4) is 5.75 Å². The standard InChI is InChI=1S/C38H41Cl2N15O15S6/c1-54(7-11-71-13-9-56)37-46-33(39)44-35(48-37)42-20-3-5-24(73(59,60)61)22(17-20)50-52-30-26(75(65,66)67)15-19-16-27(76(68,69)70)31(32(58)28(19)29(30)41)53-51-23-18-21(4-6-25(23)74(62,63)64)43-36-45-34(40)47-38(49-36)55(2)8-12-72-14-10-57/h3-6,15-18,56-58H,7-14,41H2,1-2H3,(H,59,60,61)(H,62,63,64)(H,65,66,67)(H,68,69,70)(H,42,44,46,48)(H,43,45,47,49). The molecule has 6 rings (SSSR count). The van der Waals surface area contributed by atoms with E-state index in [1.807, 2.05) is 0 Å². The van der Waals surface area contributed by atoms with Gasteiger partial charge in [-0.3, -0.25) is 18.2 Å². The Kier molecular flexibility index (Phi) is 19.1. The third kappa shape index (κ3) is 15.1. The summed E-state index contributed by atoms with van der Waals surface area (Å²) in [6.45, 7) is 0.804. The van der Waals surface area contributed by atoms with E-state index in [4.69, 9.17) is 39.1 Å². The number of anilines is 7. The summed E-state index contributed by atoms with van der Waals surface area (Å²) in [5, 5.41) is 48.5. The molecule has 0 saturated carbocycles. The predicted molar refractivity (Wildman–Crippen MR) is 282 cm³/mol. The molecule has 30 nitrogen and oxygen atoms in total. The highest BCUT2D eigenvalue weighted by Crippen LogP contribution is 2.49. The number of rotatable bonds is 24. The van der Waals surface area contributed by atoms with Crippen LogP contribution in [-0.4, -0.2) is 161 Å². The molecule has 0 bridgehead atoms. The molecule has 0 spiro atoms. The lowest BCUT2D eigenvalue weighted by Crippen LogP contribution is -2.23. The van der Waals surface area contributed by atoms with E-state index in [2.05, 4.69) is 61.0 Å². The minimum Gasteiger partial charge on any atom is -0.505 e. The fraction of sp³-hybridized carbons (Fsp3) is 0.263. The molecule has 2 aromatic heterocycles. The minimum atomic E-state index is -5.50. The number of hydrogen-bond donors (Lipinski definition) is 10. The van der Waals surface area contributed by atoms with E-state index in [-0.39, 0.29) is 58.9 Å². The Bertz CT molecular complexity index is 3490. The van der Waals surface area contributed by atoms with Gasteiger partial charge in [-0.05, 0) is 77.1 Å². The van der Waals surface area contributed by atoms with Gasteiger partial charge in [0.15, 0.2) is 5.75 Å². The Labute approximate surface area is 450 Å². The van der Waals surface area contributed by atoms with Crippen molar-refractivity contribution in [2.45, 2.75) is 19.6 Å². The Balaban J connectivity index is 1.44. The average Bonchev–Trinajstić information content (AvgIpc) is 3.31. The van der Waals surface area contributed by atoms with Crippen LogP contribution in [0.5, 0.6) is 5.75 Å². The first-order chi connectivity index (χ1) is 35.6. The summed E-state index contributed by atoms with van der Waals surface area (Å²) in [5.41, 5.74) is 1.71. The lowest BCUT2D eigenvalue weighted by molar-refractivity contribution is 0.322. The molecule has 0 atom stereocenters. The normalized spacial score (nSPS) is 12.5. The highest BCUT2D eigenvalue weighted by atomic mass is 35.5. The molecular formula is C38H41Cl2N15O15S6. The molecule has 4 aromatic carbocycles. The van der Waals surface area contributed by atoms with E-state index < -0.39 is 105 Å². The molecule has 38 heteroatoms. The zero-order valence-corrected chi connectivity index (χ0v) is 45.2. The summed E-state index contributed by atoms with van der Waals surface area (Å²) in [6, 6.07) is 6.98. The number of aromatic hydroxyl groups is 1. The molecule has 0 amide bonds. The van der Waals surface area contributed by atoms with Gasteiger partial charge in [0, 0.05) is 61.6 Å². The monoisotopic (exact) mass is 1210 g/mol. The maximum absolute atomic E-state index is 12.8. The highest BCUT2D eigenvalue weighted by molar-refractivity contribution is 7.99. The van der Waals surface area contributed by atoms with Crippen LogP contribution in [0, 0.1) is 0 Å². The van der Waals surface area contributed by atoms with Gasteiger partial charge in [-0.1, -0.05) is 0 Å². The van der Waals surface area contributed by atoms with Gasteiger partial charge in [-0.25, -0.2) is 0 Å². The SMILES string of the molecule is CN(CCSCCO)c1nc(Cl)nc(Nc2ccc(S(=O)(=O)O)c(N=Nc3c(S(=O)(=O)O)cc4cc(S(=O)(=O)O)c(N=Nc5cc(Nc6nc(Cl)nc(N(C)CCSCCO)n6)ccc5S(=O)(=O)O)c(O)c4c3N)c2)n1. The van der Waals surface area contributed by atoms with Gasteiger partial charge in [0.1, 0.15) is 42.3 Å². The fourth-order valence-electron chi connectivity index (χ4n) is 6.42. The van der Waals surface area contributed by atoms with Gasteiger partial charge in [-0.15, -0.1) is 20.5 Å². The number of thioether (sulfide) groups is 2. The number of halogens is 2. The van der Waals surface area contributed by atoms with Gasteiger partial charge in [-0.2, -0.15) is 87.1 Å². The first-order valence-corrected chi connectivity index (χ1v) is 29.7. The molecule has 0 fully saturated rings. The molecule has 6 aromatic rings. The number of azo groups is 2. The van der Waals surface area contributed by atoms with Crippen molar-refractivity contribution >= 4 is 162 Å². The van der Waals surface area contributed by atoms with Crippen molar-refractivity contribution in [3.05, 3.63) is 59.1 Å². The first-order valence-electron chi connectivity index (χ1n) is 20.9. The number of nitrogens with one attached hydrogen (secondary N) is 2. The maximum Gasteiger partial charge on any atom is 0.296 e. The summed E-state index contributed by atoms with van der Waals surface area (Å²) in [4.78, 5) is 23.6. The summed E-state index contributed by atoms with van der Waals surface area (Å²) >= 11 is 15.2. The average molecular weight is 1210 g/mol. The minimum absolute atomic E-state index is 0.0192. The number of nitrogens with two attached hydrogens (primary N) is 1. The topological polar surface area (TPSA) is 462 Å². The van der Waals surface area contributed by atoms with Crippen LogP contribution < -0.4 is 26.2 Å². The smallest absolute Gasteiger partial charge is 0.296 e. The third-order valence-corrected chi connectivity index (χ3v) is 15.6. The Morgan fingerprint density at radius 1 is 0.566 bits per heavy atom. The van der Waals surface area contributed by atoms with Crippen molar-refractivity contribution < 1.29 is 67.2 Å². The molecule has 11 N–H and O–H groups in total. The molecule has 0 aliphatic rings. The van der Waals surface area contributed by atoms with Gasteiger partial charge in [0.2, 0.25) is 34.4 Å². The Morgan fingerprint density at radius 3 is 1.36 bits per heavy atom. The number of benzene rings is 4. The van der Waals surface area contributed by atoms with Crippen LogP contribution in [0.4, 0.5) is 63.6 Å². The molecule has 408 valence electrons. The van der Waals surface area contributed by atoms with Crippen molar-refractivity contribution in [3.63, 3.8) is 0 Å². The lowest BCUT2D eigenvalue weighted by atomic mass is 10.1. The number of phenols is 1.